The van der Waals surface area contributed by atoms with Gasteiger partial charge in [-0.2, -0.15) is 0 Å². The lowest BCUT2D eigenvalue weighted by atomic mass is 9.96. The van der Waals surface area contributed by atoms with E-state index in [0.717, 1.165) is 22.5 Å². The highest BCUT2D eigenvalue weighted by Gasteiger charge is 2.30. The lowest BCUT2D eigenvalue weighted by Gasteiger charge is -2.35. The molecule has 2 heterocycles. The van der Waals surface area contributed by atoms with Crippen molar-refractivity contribution in [2.75, 3.05) is 7.11 Å². The number of ether oxygens (including phenoxy) is 1. The third-order valence-corrected chi connectivity index (χ3v) is 5.55. The zero-order chi connectivity index (χ0) is 23.4. The van der Waals surface area contributed by atoms with Crippen LogP contribution in [0.2, 0.25) is 0 Å². The summed E-state index contributed by atoms with van der Waals surface area (Å²) in [4.78, 5) is 29.3. The third kappa shape index (κ3) is 5.11. The maximum absolute atomic E-state index is 13.3. The zero-order valence-electron chi connectivity index (χ0n) is 18.5. The third-order valence-electron chi connectivity index (χ3n) is 5.55. The smallest absolute Gasteiger partial charge is 0.262 e. The quantitative estimate of drug-likeness (QED) is 0.576. The van der Waals surface area contributed by atoms with Crippen molar-refractivity contribution in [3.05, 3.63) is 83.7 Å². The van der Waals surface area contributed by atoms with E-state index in [1.54, 1.807) is 31.6 Å². The van der Waals surface area contributed by atoms with Crippen LogP contribution in [0.3, 0.4) is 0 Å². The summed E-state index contributed by atoms with van der Waals surface area (Å²) in [5.74, 6) is -0.300. The fourth-order valence-electron chi connectivity index (χ4n) is 3.90. The van der Waals surface area contributed by atoms with E-state index >= 15 is 0 Å². The molecule has 1 aromatic heterocycles. The van der Waals surface area contributed by atoms with Gasteiger partial charge >= 0.3 is 0 Å². The number of hydrazine groups is 1. The van der Waals surface area contributed by atoms with Crippen LogP contribution in [0.5, 0.6) is 5.75 Å². The summed E-state index contributed by atoms with van der Waals surface area (Å²) in [5.41, 5.74) is 5.97. The Morgan fingerprint density at radius 1 is 1.24 bits per heavy atom. The van der Waals surface area contributed by atoms with Crippen molar-refractivity contribution in [2.45, 2.75) is 32.2 Å². The molecular weight excluding hydrogens is 423 g/mol. The summed E-state index contributed by atoms with van der Waals surface area (Å²) in [6.07, 6.45) is 8.40. The van der Waals surface area contributed by atoms with Crippen molar-refractivity contribution >= 4 is 17.9 Å². The molecule has 170 valence electrons. The van der Waals surface area contributed by atoms with Gasteiger partial charge in [-0.3, -0.25) is 15.0 Å². The Bertz CT molecular complexity index is 1190. The first-order valence-electron chi connectivity index (χ1n) is 10.7. The average molecular weight is 448 g/mol. The Morgan fingerprint density at radius 3 is 2.73 bits per heavy atom. The number of imidazole rings is 1. The second-order valence-electron chi connectivity index (χ2n) is 7.89. The van der Waals surface area contributed by atoms with Crippen molar-refractivity contribution in [3.8, 4) is 11.4 Å². The number of rotatable bonds is 6. The van der Waals surface area contributed by atoms with Crippen molar-refractivity contribution in [3.63, 3.8) is 0 Å². The van der Waals surface area contributed by atoms with E-state index in [0.29, 0.717) is 25.0 Å². The highest BCUT2D eigenvalue weighted by molar-refractivity contribution is 5.93. The molecule has 1 fully saturated rings. The van der Waals surface area contributed by atoms with Crippen LogP contribution in [0.15, 0.2) is 61.1 Å². The molecule has 1 aliphatic heterocycles. The van der Waals surface area contributed by atoms with Gasteiger partial charge in [0, 0.05) is 18.7 Å². The molecule has 2 aromatic carbocycles. The van der Waals surface area contributed by atoms with Gasteiger partial charge in [0.25, 0.3) is 5.91 Å². The number of benzene rings is 2. The summed E-state index contributed by atoms with van der Waals surface area (Å²) in [7, 11) is 1.58. The molecule has 8 heteroatoms. The lowest BCUT2D eigenvalue weighted by Crippen LogP contribution is -2.49. The van der Waals surface area contributed by atoms with Crippen LogP contribution in [0.25, 0.3) is 11.8 Å². The van der Waals surface area contributed by atoms with Crippen LogP contribution in [0.1, 0.15) is 42.1 Å². The number of nitrogens with zero attached hydrogens (tertiary/aromatic N) is 3. The molecule has 0 aliphatic carbocycles. The van der Waals surface area contributed by atoms with Crippen LogP contribution in [0.4, 0.5) is 4.39 Å². The van der Waals surface area contributed by atoms with Crippen molar-refractivity contribution in [2.24, 2.45) is 0 Å². The number of amides is 2. The number of piperidine rings is 1. The minimum atomic E-state index is -0.425. The summed E-state index contributed by atoms with van der Waals surface area (Å²) in [5, 5.41) is 1.36. The predicted octanol–water partition coefficient (Wildman–Crippen LogP) is 4.13. The second-order valence-corrected chi connectivity index (χ2v) is 7.89. The first kappa shape index (κ1) is 22.3. The zero-order valence-corrected chi connectivity index (χ0v) is 18.5. The highest BCUT2D eigenvalue weighted by Crippen LogP contribution is 2.30. The van der Waals surface area contributed by atoms with Gasteiger partial charge in [-0.1, -0.05) is 18.2 Å². The molecule has 7 nitrogen and oxygen atoms in total. The van der Waals surface area contributed by atoms with Gasteiger partial charge in [-0.25, -0.2) is 14.4 Å². The molecule has 1 unspecified atom stereocenters. The van der Waals surface area contributed by atoms with E-state index in [2.05, 4.69) is 10.4 Å². The maximum Gasteiger partial charge on any atom is 0.262 e. The van der Waals surface area contributed by atoms with Gasteiger partial charge in [0.1, 0.15) is 11.6 Å². The molecule has 4 rings (SSSR count). The normalized spacial score (nSPS) is 16.3. The van der Waals surface area contributed by atoms with Gasteiger partial charge in [-0.15, -0.1) is 0 Å². The summed E-state index contributed by atoms with van der Waals surface area (Å²) in [6.45, 7) is 1.91. The van der Waals surface area contributed by atoms with E-state index in [-0.39, 0.29) is 17.8 Å². The molecule has 0 bridgehead atoms. The van der Waals surface area contributed by atoms with E-state index in [4.69, 9.17) is 4.74 Å². The second kappa shape index (κ2) is 9.68. The number of hydrogen-bond donors (Lipinski definition) is 1. The van der Waals surface area contributed by atoms with E-state index < -0.39 is 5.91 Å². The first-order valence-corrected chi connectivity index (χ1v) is 10.7. The summed E-state index contributed by atoms with van der Waals surface area (Å²) >= 11 is 0. The van der Waals surface area contributed by atoms with Gasteiger partial charge in [0.15, 0.2) is 0 Å². The van der Waals surface area contributed by atoms with Crippen LogP contribution in [0, 0.1) is 12.7 Å². The highest BCUT2D eigenvalue weighted by atomic mass is 19.1. The fraction of sp³-hybridized carbons (Fsp3) is 0.240. The lowest BCUT2D eigenvalue weighted by molar-refractivity contribution is -0.146. The number of hydrogen-bond acceptors (Lipinski definition) is 4. The topological polar surface area (TPSA) is 76.5 Å². The maximum atomic E-state index is 13.3. The minimum absolute atomic E-state index is 0.168. The van der Waals surface area contributed by atoms with Crippen LogP contribution in [-0.4, -0.2) is 33.5 Å². The van der Waals surface area contributed by atoms with E-state index in [9.17, 15) is 14.0 Å². The summed E-state index contributed by atoms with van der Waals surface area (Å²) < 4.78 is 20.7. The molecule has 1 saturated heterocycles. The minimum Gasteiger partial charge on any atom is -0.495 e. The number of halogens is 1. The Hall–Kier alpha value is -3.94. The van der Waals surface area contributed by atoms with Gasteiger partial charge in [0.05, 0.1) is 30.9 Å². The number of carbonyl (C=O) groups excluding carboxylic acids is 2. The Balaban J connectivity index is 1.48. The largest absolute Gasteiger partial charge is 0.495 e. The molecule has 1 N–H and O–H groups in total. The van der Waals surface area contributed by atoms with E-state index in [1.165, 1.54) is 23.2 Å². The molecule has 3 aromatic rings. The molecule has 2 amide bonds. The number of methoxy groups -OCH3 is 1. The SMILES string of the molecule is COc1cc(/C=C/C(=O)NN2C(=O)CCCC2c2ccc(F)cc2)ccc1-n1cnc(C)c1. The molecule has 0 spiro atoms. The Kier molecular flexibility index (Phi) is 6.53. The molecule has 1 aliphatic rings. The Labute approximate surface area is 191 Å². The van der Waals surface area contributed by atoms with Crippen molar-refractivity contribution in [1.82, 2.24) is 20.0 Å². The Morgan fingerprint density at radius 2 is 2.03 bits per heavy atom. The molecule has 0 saturated carbocycles. The van der Waals surface area contributed by atoms with Crippen LogP contribution >= 0.6 is 0 Å². The number of nitrogens with one attached hydrogen (secondary N) is 1. The number of aryl methyl sites for hydroxylation is 1. The van der Waals surface area contributed by atoms with Gasteiger partial charge in [-0.05, 0) is 61.2 Å². The standard InChI is InChI=1S/C25H25FN4O3/c1-17-15-29(16-27-17)22-12-6-18(14-23(22)33-2)7-13-24(31)28-30-21(4-3-5-25(30)32)19-8-10-20(26)11-9-19/h6-16,21H,3-5H2,1-2H3,(H,28,31)/b13-7+. The predicted molar refractivity (Wildman–Crippen MR) is 122 cm³/mol. The average Bonchev–Trinajstić information content (AvgIpc) is 3.25. The first-order chi connectivity index (χ1) is 15.9. The van der Waals surface area contributed by atoms with E-state index in [1.807, 2.05) is 35.9 Å². The van der Waals surface area contributed by atoms with Crippen molar-refractivity contribution < 1.29 is 18.7 Å². The fourth-order valence-corrected chi connectivity index (χ4v) is 3.90. The summed E-state index contributed by atoms with van der Waals surface area (Å²) in [6, 6.07) is 11.2. The number of aromatic nitrogens is 2. The molecular formula is C25H25FN4O3. The number of carbonyl (C=O) groups is 2. The van der Waals surface area contributed by atoms with Gasteiger partial charge in [0.2, 0.25) is 5.91 Å². The van der Waals surface area contributed by atoms with Crippen LogP contribution < -0.4 is 10.2 Å². The van der Waals surface area contributed by atoms with Crippen molar-refractivity contribution in [1.29, 1.82) is 0 Å². The molecule has 1 atom stereocenters. The molecule has 33 heavy (non-hydrogen) atoms. The van der Waals surface area contributed by atoms with Gasteiger partial charge < -0.3 is 9.30 Å². The molecule has 0 radical (unpaired) electrons. The monoisotopic (exact) mass is 448 g/mol. The van der Waals surface area contributed by atoms with Crippen LogP contribution in [-0.2, 0) is 9.59 Å².